The van der Waals surface area contributed by atoms with Crippen molar-refractivity contribution in [2.45, 2.75) is 4.90 Å². The average Bonchev–Trinajstić information content (AvgIpc) is 2.66. The molecule has 0 atom stereocenters. The van der Waals surface area contributed by atoms with Crippen LogP contribution in [0.15, 0.2) is 83.8 Å². The lowest BCUT2D eigenvalue weighted by Gasteiger charge is -2.08. The van der Waals surface area contributed by atoms with Gasteiger partial charge in [0, 0.05) is 11.1 Å². The van der Waals surface area contributed by atoms with Gasteiger partial charge in [-0.15, -0.1) is 0 Å². The number of halogens is 1. The van der Waals surface area contributed by atoms with Gasteiger partial charge in [0.2, 0.25) is 5.91 Å². The highest BCUT2D eigenvalue weighted by atomic mass is 35.5. The van der Waals surface area contributed by atoms with Gasteiger partial charge in [-0.05, 0) is 41.0 Å². The molecule has 28 heavy (non-hydrogen) atoms. The quantitative estimate of drug-likeness (QED) is 0.460. The fraction of sp³-hybridized carbons (Fsp3) is 0. The predicted octanol–water partition coefficient (Wildman–Crippen LogP) is 4.91. The Morgan fingerprint density at radius 3 is 2.21 bits per heavy atom. The van der Waals surface area contributed by atoms with Gasteiger partial charge >= 0.3 is 0 Å². The predicted molar refractivity (Wildman–Crippen MR) is 111 cm³/mol. The number of benzene rings is 3. The molecule has 0 spiro atoms. The fourth-order valence-electron chi connectivity index (χ4n) is 2.59. The Labute approximate surface area is 168 Å². The van der Waals surface area contributed by atoms with Crippen molar-refractivity contribution in [3.05, 3.63) is 89.5 Å². The topological polar surface area (TPSA) is 83.5 Å². The third-order valence-corrected chi connectivity index (χ3v) is 5.07. The zero-order chi connectivity index (χ0) is 20.1. The smallest absolute Gasteiger partial charge is 0.296 e. The average molecular weight is 414 g/mol. The summed E-state index contributed by atoms with van der Waals surface area (Å²) in [5.74, 6) is -0.556. The van der Waals surface area contributed by atoms with E-state index in [2.05, 4.69) is 5.32 Å². The fourth-order valence-corrected chi connectivity index (χ4v) is 3.39. The van der Waals surface area contributed by atoms with Crippen LogP contribution < -0.4 is 5.32 Å². The molecule has 0 radical (unpaired) electrons. The van der Waals surface area contributed by atoms with Crippen molar-refractivity contribution < 1.29 is 17.8 Å². The minimum absolute atomic E-state index is 0.0934. The highest BCUT2D eigenvalue weighted by Gasteiger charge is 2.16. The Kier molecular flexibility index (Phi) is 5.94. The highest BCUT2D eigenvalue weighted by Crippen LogP contribution is 2.25. The third-order valence-electron chi connectivity index (χ3n) is 3.92. The first-order valence-corrected chi connectivity index (χ1v) is 10.1. The second-order valence-electron chi connectivity index (χ2n) is 5.93. The summed E-state index contributed by atoms with van der Waals surface area (Å²) in [6.45, 7) is 0. The summed E-state index contributed by atoms with van der Waals surface area (Å²) in [5.41, 5.74) is 2.85. The summed E-state index contributed by atoms with van der Waals surface area (Å²) in [7, 11) is -4.49. The van der Waals surface area contributed by atoms with Gasteiger partial charge in [-0.1, -0.05) is 66.2 Å². The monoisotopic (exact) mass is 413 g/mol. The van der Waals surface area contributed by atoms with Crippen LogP contribution in [0, 0.1) is 0 Å². The number of hydrogen-bond donors (Lipinski definition) is 2. The molecule has 0 unspecified atom stereocenters. The van der Waals surface area contributed by atoms with Crippen LogP contribution in [-0.4, -0.2) is 18.9 Å². The van der Waals surface area contributed by atoms with E-state index in [1.54, 1.807) is 6.08 Å². The SMILES string of the molecule is O=C(/C=C/c1ccc(-c2ccccc2)cc1)Nc1cc(Cl)ccc1S(=O)(=O)O. The number of nitrogens with one attached hydrogen (secondary N) is 1. The van der Waals surface area contributed by atoms with Crippen LogP contribution in [0.3, 0.4) is 0 Å². The molecular formula is C21H16ClNO4S. The van der Waals surface area contributed by atoms with E-state index in [1.807, 2.05) is 54.6 Å². The first-order chi connectivity index (χ1) is 13.3. The van der Waals surface area contributed by atoms with E-state index < -0.39 is 20.9 Å². The molecule has 0 saturated heterocycles. The number of carbonyl (C=O) groups is 1. The first-order valence-electron chi connectivity index (χ1n) is 8.24. The molecule has 0 aliphatic rings. The van der Waals surface area contributed by atoms with Crippen LogP contribution in [0.25, 0.3) is 17.2 Å². The summed E-state index contributed by atoms with van der Waals surface area (Å²) in [6.07, 6.45) is 2.87. The molecule has 2 N–H and O–H groups in total. The van der Waals surface area contributed by atoms with Crippen molar-refractivity contribution in [1.82, 2.24) is 0 Å². The minimum Gasteiger partial charge on any atom is -0.321 e. The number of rotatable bonds is 5. The van der Waals surface area contributed by atoms with E-state index >= 15 is 0 Å². The normalized spacial score (nSPS) is 11.5. The van der Waals surface area contributed by atoms with Gasteiger partial charge in [-0.3, -0.25) is 9.35 Å². The molecule has 0 fully saturated rings. The Bertz CT molecular complexity index is 1120. The molecule has 3 aromatic rings. The molecule has 0 aromatic heterocycles. The van der Waals surface area contributed by atoms with E-state index in [1.165, 1.54) is 18.2 Å². The molecule has 0 bridgehead atoms. The van der Waals surface area contributed by atoms with Gasteiger partial charge in [0.25, 0.3) is 10.1 Å². The molecule has 7 heteroatoms. The van der Waals surface area contributed by atoms with E-state index in [0.717, 1.165) is 22.8 Å². The van der Waals surface area contributed by atoms with Gasteiger partial charge in [0.05, 0.1) is 5.69 Å². The zero-order valence-electron chi connectivity index (χ0n) is 14.5. The van der Waals surface area contributed by atoms with Gasteiger partial charge < -0.3 is 5.32 Å². The lowest BCUT2D eigenvalue weighted by molar-refractivity contribution is -0.111. The number of anilines is 1. The summed E-state index contributed by atoms with van der Waals surface area (Å²) in [6, 6.07) is 21.2. The second kappa shape index (κ2) is 8.39. The molecule has 0 heterocycles. The Morgan fingerprint density at radius 2 is 1.57 bits per heavy atom. The van der Waals surface area contributed by atoms with Crippen LogP contribution in [0.2, 0.25) is 5.02 Å². The van der Waals surface area contributed by atoms with Gasteiger partial charge in [0.15, 0.2) is 0 Å². The second-order valence-corrected chi connectivity index (χ2v) is 7.75. The van der Waals surface area contributed by atoms with Crippen LogP contribution in [0.4, 0.5) is 5.69 Å². The van der Waals surface area contributed by atoms with Crippen molar-refractivity contribution in [2.24, 2.45) is 0 Å². The molecule has 5 nitrogen and oxygen atoms in total. The lowest BCUT2D eigenvalue weighted by Crippen LogP contribution is -2.12. The van der Waals surface area contributed by atoms with Crippen LogP contribution in [0.1, 0.15) is 5.56 Å². The van der Waals surface area contributed by atoms with Crippen LogP contribution in [-0.2, 0) is 14.9 Å². The van der Waals surface area contributed by atoms with Crippen LogP contribution in [0.5, 0.6) is 0 Å². The maximum Gasteiger partial charge on any atom is 0.296 e. The maximum atomic E-state index is 12.1. The molecular weight excluding hydrogens is 398 g/mol. The highest BCUT2D eigenvalue weighted by molar-refractivity contribution is 7.86. The molecule has 0 aliphatic carbocycles. The van der Waals surface area contributed by atoms with Gasteiger partial charge in [-0.25, -0.2) is 0 Å². The minimum atomic E-state index is -4.49. The van der Waals surface area contributed by atoms with E-state index in [-0.39, 0.29) is 10.7 Å². The number of amides is 1. The largest absolute Gasteiger partial charge is 0.321 e. The van der Waals surface area contributed by atoms with E-state index in [0.29, 0.717) is 0 Å². The van der Waals surface area contributed by atoms with Gasteiger partial charge in [-0.2, -0.15) is 8.42 Å². The third kappa shape index (κ3) is 5.07. The molecule has 142 valence electrons. The Hall–Kier alpha value is -2.93. The van der Waals surface area contributed by atoms with Crippen molar-refractivity contribution in [3.8, 4) is 11.1 Å². The van der Waals surface area contributed by atoms with Crippen LogP contribution >= 0.6 is 11.6 Å². The molecule has 0 aliphatic heterocycles. The summed E-state index contributed by atoms with van der Waals surface area (Å²) < 4.78 is 32.1. The molecule has 0 saturated carbocycles. The first kappa shape index (κ1) is 19.8. The standard InChI is InChI=1S/C21H16ClNO4S/c22-18-11-12-20(28(25,26)27)19(14-18)23-21(24)13-8-15-6-9-17(10-7-15)16-4-2-1-3-5-16/h1-14H,(H,23,24)(H,25,26,27)/b13-8+. The summed E-state index contributed by atoms with van der Waals surface area (Å²) in [4.78, 5) is 11.7. The number of hydrogen-bond acceptors (Lipinski definition) is 3. The lowest BCUT2D eigenvalue weighted by atomic mass is 10.0. The zero-order valence-corrected chi connectivity index (χ0v) is 16.1. The summed E-state index contributed by atoms with van der Waals surface area (Å²) in [5, 5.41) is 2.64. The summed E-state index contributed by atoms with van der Waals surface area (Å²) >= 11 is 5.84. The van der Waals surface area contributed by atoms with Crippen molar-refractivity contribution >= 4 is 39.4 Å². The Balaban J connectivity index is 1.74. The van der Waals surface area contributed by atoms with Crippen molar-refractivity contribution in [2.75, 3.05) is 5.32 Å². The molecule has 3 rings (SSSR count). The molecule has 1 amide bonds. The van der Waals surface area contributed by atoms with Gasteiger partial charge in [0.1, 0.15) is 4.90 Å². The Morgan fingerprint density at radius 1 is 0.929 bits per heavy atom. The number of carbonyl (C=O) groups excluding carboxylic acids is 1. The molecule has 3 aromatic carbocycles. The van der Waals surface area contributed by atoms with E-state index in [9.17, 15) is 17.8 Å². The van der Waals surface area contributed by atoms with Crippen molar-refractivity contribution in [3.63, 3.8) is 0 Å². The maximum absolute atomic E-state index is 12.1. The van der Waals surface area contributed by atoms with E-state index in [4.69, 9.17) is 11.6 Å². The van der Waals surface area contributed by atoms with Crippen molar-refractivity contribution in [1.29, 1.82) is 0 Å².